The Bertz CT molecular complexity index is 1120. The SMILES string of the molecule is CC(C)(C)[Si](C)(C)OCc1ccc(COC(c2ccccc2)(c2ccccc2)c2ccccc2)cc1. The Morgan fingerprint density at radius 1 is 0.528 bits per heavy atom. The maximum absolute atomic E-state index is 6.95. The van der Waals surface area contributed by atoms with Gasteiger partial charge in [0.2, 0.25) is 0 Å². The monoisotopic (exact) mass is 494 g/mol. The van der Waals surface area contributed by atoms with Crippen molar-refractivity contribution in [2.45, 2.75) is 57.7 Å². The molecule has 2 nitrogen and oxygen atoms in total. The van der Waals surface area contributed by atoms with E-state index in [4.69, 9.17) is 9.16 Å². The molecule has 0 amide bonds. The Hall–Kier alpha value is -2.98. The summed E-state index contributed by atoms with van der Waals surface area (Å²) in [6.07, 6.45) is 0. The van der Waals surface area contributed by atoms with E-state index < -0.39 is 13.9 Å². The van der Waals surface area contributed by atoms with Crippen molar-refractivity contribution in [1.29, 1.82) is 0 Å². The molecule has 3 heteroatoms. The summed E-state index contributed by atoms with van der Waals surface area (Å²) in [6, 6.07) is 40.2. The zero-order chi connectivity index (χ0) is 25.7. The van der Waals surface area contributed by atoms with Gasteiger partial charge >= 0.3 is 0 Å². The lowest BCUT2D eigenvalue weighted by molar-refractivity contribution is 0.000231. The molecule has 4 aromatic rings. The maximum Gasteiger partial charge on any atom is 0.192 e. The molecule has 4 aromatic carbocycles. The predicted octanol–water partition coefficient (Wildman–Crippen LogP) is 8.72. The summed E-state index contributed by atoms with van der Waals surface area (Å²) in [5.41, 5.74) is 4.96. The molecule has 0 atom stereocenters. The second-order valence-corrected chi connectivity index (χ2v) is 15.7. The molecule has 0 fully saturated rings. The standard InChI is InChI=1S/C33H38O2Si/c1-32(2,3)36(4,5)35-26-28-23-21-27(22-24-28)25-34-33(29-15-9-6-10-16-29,30-17-11-7-12-18-30)31-19-13-8-14-20-31/h6-24H,25-26H2,1-5H3. The molecule has 0 heterocycles. The fourth-order valence-corrected chi connectivity index (χ4v) is 5.13. The third-order valence-corrected chi connectivity index (χ3v) is 11.9. The molecular weight excluding hydrogens is 456 g/mol. The minimum absolute atomic E-state index is 0.205. The van der Waals surface area contributed by atoms with Crippen LogP contribution in [0.25, 0.3) is 0 Å². The minimum Gasteiger partial charge on any atom is -0.413 e. The predicted molar refractivity (Wildman–Crippen MR) is 152 cm³/mol. The molecule has 4 rings (SSSR count). The Morgan fingerprint density at radius 2 is 0.889 bits per heavy atom. The van der Waals surface area contributed by atoms with Gasteiger partial charge in [0, 0.05) is 0 Å². The van der Waals surface area contributed by atoms with Gasteiger partial charge in [-0.15, -0.1) is 0 Å². The molecule has 0 bridgehead atoms. The van der Waals surface area contributed by atoms with Gasteiger partial charge in [-0.3, -0.25) is 0 Å². The molecule has 0 N–H and O–H groups in total. The van der Waals surface area contributed by atoms with Gasteiger partial charge in [0.05, 0.1) is 13.2 Å². The number of ether oxygens (including phenoxy) is 1. The molecule has 0 aliphatic rings. The van der Waals surface area contributed by atoms with Crippen molar-refractivity contribution in [3.63, 3.8) is 0 Å². The van der Waals surface area contributed by atoms with Crippen molar-refractivity contribution < 1.29 is 9.16 Å². The van der Waals surface area contributed by atoms with E-state index in [0.29, 0.717) is 13.2 Å². The van der Waals surface area contributed by atoms with Crippen LogP contribution in [0.2, 0.25) is 18.1 Å². The Kier molecular flexibility index (Phi) is 7.94. The van der Waals surface area contributed by atoms with E-state index in [-0.39, 0.29) is 5.04 Å². The van der Waals surface area contributed by atoms with Gasteiger partial charge < -0.3 is 9.16 Å². The first-order valence-corrected chi connectivity index (χ1v) is 15.7. The number of benzene rings is 4. The first kappa shape index (κ1) is 26.1. The van der Waals surface area contributed by atoms with Gasteiger partial charge in [-0.2, -0.15) is 0 Å². The maximum atomic E-state index is 6.95. The zero-order valence-corrected chi connectivity index (χ0v) is 23.2. The van der Waals surface area contributed by atoms with Crippen LogP contribution in [-0.2, 0) is 28.0 Å². The van der Waals surface area contributed by atoms with E-state index in [1.807, 2.05) is 0 Å². The highest BCUT2D eigenvalue weighted by molar-refractivity contribution is 6.74. The summed E-state index contributed by atoms with van der Waals surface area (Å²) in [4.78, 5) is 0. The van der Waals surface area contributed by atoms with E-state index in [1.165, 1.54) is 5.56 Å². The number of hydrogen-bond acceptors (Lipinski definition) is 2. The fraction of sp³-hybridized carbons (Fsp3) is 0.273. The molecule has 0 saturated heterocycles. The van der Waals surface area contributed by atoms with Gasteiger partial charge in [0.15, 0.2) is 8.32 Å². The van der Waals surface area contributed by atoms with Gasteiger partial charge in [0.1, 0.15) is 5.60 Å². The van der Waals surface area contributed by atoms with Crippen LogP contribution in [0.4, 0.5) is 0 Å². The Morgan fingerprint density at radius 3 is 1.25 bits per heavy atom. The van der Waals surface area contributed by atoms with E-state index in [1.54, 1.807) is 0 Å². The Labute approximate surface area is 218 Å². The lowest BCUT2D eigenvalue weighted by Gasteiger charge is -2.36. The third-order valence-electron chi connectivity index (χ3n) is 7.43. The number of rotatable bonds is 9. The third kappa shape index (κ3) is 5.70. The molecule has 0 spiro atoms. The summed E-state index contributed by atoms with van der Waals surface area (Å²) >= 11 is 0. The molecule has 0 aliphatic carbocycles. The molecule has 0 aliphatic heterocycles. The van der Waals surface area contributed by atoms with E-state index in [0.717, 1.165) is 22.3 Å². The van der Waals surface area contributed by atoms with Gasteiger partial charge in [-0.1, -0.05) is 136 Å². The molecule has 0 radical (unpaired) electrons. The summed E-state index contributed by atoms with van der Waals surface area (Å²) in [7, 11) is -1.78. The summed E-state index contributed by atoms with van der Waals surface area (Å²) in [6.45, 7) is 12.6. The molecule has 0 saturated carbocycles. The number of hydrogen-bond donors (Lipinski definition) is 0. The summed E-state index contributed by atoms with van der Waals surface area (Å²) in [5.74, 6) is 0. The second kappa shape index (κ2) is 11.0. The van der Waals surface area contributed by atoms with Crippen molar-refractivity contribution in [2.24, 2.45) is 0 Å². The van der Waals surface area contributed by atoms with Crippen molar-refractivity contribution in [3.05, 3.63) is 143 Å². The average molecular weight is 495 g/mol. The van der Waals surface area contributed by atoms with Crippen LogP contribution in [0.1, 0.15) is 48.6 Å². The van der Waals surface area contributed by atoms with Crippen LogP contribution >= 0.6 is 0 Å². The van der Waals surface area contributed by atoms with E-state index in [2.05, 4.69) is 149 Å². The van der Waals surface area contributed by atoms with Gasteiger partial charge in [0.25, 0.3) is 0 Å². The van der Waals surface area contributed by atoms with Crippen LogP contribution in [0, 0.1) is 0 Å². The fourth-order valence-electron chi connectivity index (χ4n) is 4.17. The highest BCUT2D eigenvalue weighted by atomic mass is 28.4. The smallest absolute Gasteiger partial charge is 0.192 e. The molecule has 0 aromatic heterocycles. The van der Waals surface area contributed by atoms with Crippen LogP contribution in [0.5, 0.6) is 0 Å². The molecular formula is C33H38O2Si. The van der Waals surface area contributed by atoms with Gasteiger partial charge in [-0.05, 0) is 45.9 Å². The first-order chi connectivity index (χ1) is 17.2. The average Bonchev–Trinajstić information content (AvgIpc) is 2.90. The van der Waals surface area contributed by atoms with Crippen LogP contribution in [-0.4, -0.2) is 8.32 Å². The van der Waals surface area contributed by atoms with Crippen LogP contribution in [0.3, 0.4) is 0 Å². The Balaban J connectivity index is 1.61. The van der Waals surface area contributed by atoms with Crippen molar-refractivity contribution in [3.8, 4) is 0 Å². The topological polar surface area (TPSA) is 18.5 Å². The molecule has 186 valence electrons. The highest BCUT2D eigenvalue weighted by Gasteiger charge is 2.38. The van der Waals surface area contributed by atoms with E-state index >= 15 is 0 Å². The summed E-state index contributed by atoms with van der Waals surface area (Å²) < 4.78 is 13.4. The largest absolute Gasteiger partial charge is 0.413 e. The lowest BCUT2D eigenvalue weighted by Crippen LogP contribution is -2.40. The van der Waals surface area contributed by atoms with Gasteiger partial charge in [-0.25, -0.2) is 0 Å². The van der Waals surface area contributed by atoms with Crippen molar-refractivity contribution >= 4 is 8.32 Å². The first-order valence-electron chi connectivity index (χ1n) is 12.7. The lowest BCUT2D eigenvalue weighted by atomic mass is 9.80. The van der Waals surface area contributed by atoms with Crippen LogP contribution < -0.4 is 0 Å². The highest BCUT2D eigenvalue weighted by Crippen LogP contribution is 2.41. The van der Waals surface area contributed by atoms with Crippen LogP contribution in [0.15, 0.2) is 115 Å². The summed E-state index contributed by atoms with van der Waals surface area (Å²) in [5, 5.41) is 0.205. The normalized spacial score (nSPS) is 12.5. The van der Waals surface area contributed by atoms with E-state index in [9.17, 15) is 0 Å². The molecule has 36 heavy (non-hydrogen) atoms. The van der Waals surface area contributed by atoms with Crippen molar-refractivity contribution in [1.82, 2.24) is 0 Å². The quantitative estimate of drug-likeness (QED) is 0.171. The minimum atomic E-state index is -1.78. The second-order valence-electron chi connectivity index (χ2n) is 10.9. The van der Waals surface area contributed by atoms with Crippen molar-refractivity contribution in [2.75, 3.05) is 0 Å². The zero-order valence-electron chi connectivity index (χ0n) is 22.2. The molecule has 0 unspecified atom stereocenters.